The van der Waals surface area contributed by atoms with Gasteiger partial charge in [0.2, 0.25) is 0 Å². The van der Waals surface area contributed by atoms with Crippen molar-refractivity contribution < 1.29 is 27.6 Å². The lowest BCUT2D eigenvalue weighted by atomic mass is 10.0. The molecule has 1 amide bonds. The van der Waals surface area contributed by atoms with Crippen LogP contribution in [0.15, 0.2) is 107 Å². The Hall–Kier alpha value is -5.78. The summed E-state index contributed by atoms with van der Waals surface area (Å²) in [5, 5.41) is 23.0. The summed E-state index contributed by atoms with van der Waals surface area (Å²) in [6.07, 6.45) is 3.51. The standard InChI is InChI=1S/C39H42N8O7S2/c1-3-53-31-21-28(20-29(22-31)30-23-32(54-4-2)26-40-25-30)27-45-15-17-46(18-16-45)38-13-12-36(42-43-38)39(48)44-56(51,52)34-10-11-35(37(24-34)47(49)50)41-14-19-55-33-8-6-5-7-9-33/h5-13,20-26,41H,3-4,14-19,27H2,1-2H3,(H,44,48). The fourth-order valence-electron chi connectivity index (χ4n) is 6.08. The Labute approximate surface area is 329 Å². The summed E-state index contributed by atoms with van der Waals surface area (Å²) in [5.74, 6) is 1.66. The number of hydrogen-bond donors (Lipinski definition) is 2. The van der Waals surface area contributed by atoms with Gasteiger partial charge in [-0.1, -0.05) is 18.2 Å². The number of carbonyl (C=O) groups is 1. The quantitative estimate of drug-likeness (QED) is 0.0492. The zero-order chi connectivity index (χ0) is 39.5. The van der Waals surface area contributed by atoms with Crippen molar-refractivity contribution in [3.63, 3.8) is 0 Å². The van der Waals surface area contributed by atoms with Crippen molar-refractivity contribution in [3.05, 3.63) is 119 Å². The van der Waals surface area contributed by atoms with Crippen LogP contribution >= 0.6 is 11.8 Å². The molecule has 56 heavy (non-hydrogen) atoms. The van der Waals surface area contributed by atoms with Crippen LogP contribution in [0.25, 0.3) is 11.1 Å². The molecule has 1 aliphatic heterocycles. The Morgan fingerprint density at radius 1 is 0.875 bits per heavy atom. The summed E-state index contributed by atoms with van der Waals surface area (Å²) in [7, 11) is -4.47. The van der Waals surface area contributed by atoms with Crippen LogP contribution in [-0.4, -0.2) is 91.0 Å². The van der Waals surface area contributed by atoms with Crippen LogP contribution in [0.3, 0.4) is 0 Å². The van der Waals surface area contributed by atoms with Crippen molar-refractivity contribution in [3.8, 4) is 22.6 Å². The number of ether oxygens (including phenoxy) is 2. The highest BCUT2D eigenvalue weighted by Gasteiger charge is 2.25. The van der Waals surface area contributed by atoms with E-state index in [0.29, 0.717) is 56.7 Å². The second-order valence-corrected chi connectivity index (χ2v) is 15.5. The highest BCUT2D eigenvalue weighted by molar-refractivity contribution is 7.99. The van der Waals surface area contributed by atoms with Crippen LogP contribution in [-0.2, 0) is 16.6 Å². The minimum atomic E-state index is -4.47. The zero-order valence-corrected chi connectivity index (χ0v) is 32.6. The Balaban J connectivity index is 1.03. The predicted octanol–water partition coefficient (Wildman–Crippen LogP) is 5.89. The normalized spacial score (nSPS) is 13.2. The number of sulfonamides is 1. The maximum atomic E-state index is 13.1. The highest BCUT2D eigenvalue weighted by Crippen LogP contribution is 2.30. The maximum Gasteiger partial charge on any atom is 0.293 e. The molecule has 0 unspecified atom stereocenters. The molecule has 1 aliphatic rings. The lowest BCUT2D eigenvalue weighted by molar-refractivity contribution is -0.384. The van der Waals surface area contributed by atoms with E-state index in [-0.39, 0.29) is 11.4 Å². The average molecular weight is 799 g/mol. The lowest BCUT2D eigenvalue weighted by Gasteiger charge is -2.35. The molecule has 0 atom stereocenters. The minimum Gasteiger partial charge on any atom is -0.494 e. The molecule has 2 aromatic heterocycles. The molecule has 5 aromatic rings. The number of thioether (sulfide) groups is 1. The SMILES string of the molecule is CCOc1cncc(-c2cc(CN3CCN(c4ccc(C(=O)NS(=O)(=O)c5ccc(NCCSc6ccccc6)c([N+](=O)[O-])c5)nn4)CC3)cc(OCC)c2)c1. The van der Waals surface area contributed by atoms with Crippen molar-refractivity contribution in [1.29, 1.82) is 0 Å². The molecule has 15 nitrogen and oxygen atoms in total. The van der Waals surface area contributed by atoms with E-state index in [2.05, 4.69) is 37.5 Å². The maximum absolute atomic E-state index is 13.1. The van der Waals surface area contributed by atoms with Crippen molar-refractivity contribution >= 4 is 44.9 Å². The van der Waals surface area contributed by atoms with E-state index in [1.165, 1.54) is 18.2 Å². The number of anilines is 2. The van der Waals surface area contributed by atoms with Gasteiger partial charge in [-0.2, -0.15) is 0 Å². The van der Waals surface area contributed by atoms with Gasteiger partial charge in [0.25, 0.3) is 21.6 Å². The topological polar surface area (TPSA) is 182 Å². The summed E-state index contributed by atoms with van der Waals surface area (Å²) in [4.78, 5) is 33.5. The van der Waals surface area contributed by atoms with Gasteiger partial charge >= 0.3 is 0 Å². The van der Waals surface area contributed by atoms with E-state index in [9.17, 15) is 23.3 Å². The van der Waals surface area contributed by atoms with Crippen LogP contribution in [0.5, 0.6) is 11.5 Å². The first-order valence-corrected chi connectivity index (χ1v) is 20.5. The van der Waals surface area contributed by atoms with Crippen molar-refractivity contribution in [1.82, 2.24) is 24.8 Å². The lowest BCUT2D eigenvalue weighted by Crippen LogP contribution is -2.46. The molecule has 3 heterocycles. The van der Waals surface area contributed by atoms with Crippen LogP contribution in [0.4, 0.5) is 17.2 Å². The molecule has 0 bridgehead atoms. The van der Waals surface area contributed by atoms with E-state index in [0.717, 1.165) is 46.5 Å². The van der Waals surface area contributed by atoms with Crippen molar-refractivity contribution in [2.75, 3.05) is 61.9 Å². The molecule has 3 aromatic carbocycles. The zero-order valence-electron chi connectivity index (χ0n) is 31.0. The second-order valence-electron chi connectivity index (χ2n) is 12.6. The number of nitrogens with one attached hydrogen (secondary N) is 2. The number of nitrogens with zero attached hydrogens (tertiary/aromatic N) is 6. The molecule has 1 saturated heterocycles. The number of piperazine rings is 1. The fraction of sp³-hybridized carbons (Fsp3) is 0.282. The third-order valence-corrected chi connectivity index (χ3v) is 11.1. The molecule has 2 N–H and O–H groups in total. The average Bonchev–Trinajstić information content (AvgIpc) is 3.20. The molecular weight excluding hydrogens is 757 g/mol. The molecule has 1 fully saturated rings. The number of benzene rings is 3. The molecule has 0 radical (unpaired) electrons. The molecule has 0 aliphatic carbocycles. The molecule has 17 heteroatoms. The Morgan fingerprint density at radius 2 is 1.62 bits per heavy atom. The van der Waals surface area contributed by atoms with E-state index in [1.54, 1.807) is 24.0 Å². The van der Waals surface area contributed by atoms with Gasteiger partial charge in [0, 0.05) is 67.7 Å². The Bertz CT molecular complexity index is 2240. The van der Waals surface area contributed by atoms with Crippen LogP contribution in [0, 0.1) is 10.1 Å². The Morgan fingerprint density at radius 3 is 2.34 bits per heavy atom. The van der Waals surface area contributed by atoms with Crippen molar-refractivity contribution in [2.24, 2.45) is 0 Å². The number of hydrogen-bond acceptors (Lipinski definition) is 14. The molecule has 6 rings (SSSR count). The van der Waals surface area contributed by atoms with Gasteiger partial charge < -0.3 is 19.7 Å². The van der Waals surface area contributed by atoms with E-state index in [4.69, 9.17) is 9.47 Å². The number of rotatable bonds is 17. The molecule has 292 valence electrons. The molecular formula is C39H42N8O7S2. The molecule has 0 saturated carbocycles. The summed E-state index contributed by atoms with van der Waals surface area (Å²) >= 11 is 1.58. The number of aromatic nitrogens is 3. The van der Waals surface area contributed by atoms with Crippen molar-refractivity contribution in [2.45, 2.75) is 30.2 Å². The van der Waals surface area contributed by atoms with Crippen LogP contribution < -0.4 is 24.4 Å². The van der Waals surface area contributed by atoms with Crippen LogP contribution in [0.2, 0.25) is 0 Å². The van der Waals surface area contributed by atoms with E-state index >= 15 is 0 Å². The molecule has 0 spiro atoms. The third kappa shape index (κ3) is 10.5. The van der Waals surface area contributed by atoms with Gasteiger partial charge in [0.1, 0.15) is 17.2 Å². The van der Waals surface area contributed by atoms with Gasteiger partial charge in [0.05, 0.1) is 29.2 Å². The number of amides is 1. The number of nitro groups is 1. The summed E-state index contributed by atoms with van der Waals surface area (Å²) < 4.78 is 39.7. The first-order valence-electron chi connectivity index (χ1n) is 18.0. The largest absolute Gasteiger partial charge is 0.494 e. The third-order valence-electron chi connectivity index (χ3n) is 8.75. The predicted molar refractivity (Wildman–Crippen MR) is 215 cm³/mol. The second kappa shape index (κ2) is 18.7. The van der Waals surface area contributed by atoms with Gasteiger partial charge in [0.15, 0.2) is 11.5 Å². The van der Waals surface area contributed by atoms with E-state index < -0.39 is 31.4 Å². The summed E-state index contributed by atoms with van der Waals surface area (Å²) in [6.45, 7) is 8.89. The Kier molecular flexibility index (Phi) is 13.3. The van der Waals surface area contributed by atoms with Gasteiger partial charge in [-0.3, -0.25) is 24.8 Å². The monoisotopic (exact) mass is 798 g/mol. The number of carbonyl (C=O) groups excluding carboxylic acids is 1. The number of pyridine rings is 1. The van der Waals surface area contributed by atoms with Gasteiger partial charge in [-0.15, -0.1) is 22.0 Å². The summed E-state index contributed by atoms with van der Waals surface area (Å²) in [5.41, 5.74) is 2.54. The fourth-order valence-corrected chi connectivity index (χ4v) is 7.85. The van der Waals surface area contributed by atoms with E-state index in [1.807, 2.05) is 72.1 Å². The minimum absolute atomic E-state index is 0.165. The summed E-state index contributed by atoms with van der Waals surface area (Å²) in [6, 6.07) is 24.3. The highest BCUT2D eigenvalue weighted by atomic mass is 32.2. The first-order chi connectivity index (χ1) is 27.1. The van der Waals surface area contributed by atoms with Crippen LogP contribution in [0.1, 0.15) is 29.9 Å². The van der Waals surface area contributed by atoms with Gasteiger partial charge in [-0.05, 0) is 85.6 Å². The van der Waals surface area contributed by atoms with Gasteiger partial charge in [-0.25, -0.2) is 13.1 Å². The smallest absolute Gasteiger partial charge is 0.293 e. The first kappa shape index (κ1) is 39.9. The number of nitro benzene ring substituents is 1.